The number of nitrogens with zero attached hydrogens (tertiary/aromatic N) is 6. The van der Waals surface area contributed by atoms with E-state index in [9.17, 15) is 14.9 Å². The zero-order chi connectivity index (χ0) is 21.1. The molecule has 0 radical (unpaired) electrons. The summed E-state index contributed by atoms with van der Waals surface area (Å²) < 4.78 is 5.58. The lowest BCUT2D eigenvalue weighted by Gasteiger charge is -2.38. The lowest BCUT2D eigenvalue weighted by atomic mass is 10.1. The van der Waals surface area contributed by atoms with Crippen molar-refractivity contribution < 1.29 is 14.0 Å². The maximum absolute atomic E-state index is 12.8. The maximum Gasteiger partial charge on any atom is 0.236 e. The van der Waals surface area contributed by atoms with Crippen molar-refractivity contribution in [3.8, 4) is 6.07 Å². The molecule has 9 nitrogen and oxygen atoms in total. The number of hydrogen-bond donors (Lipinski definition) is 0. The van der Waals surface area contributed by atoms with Crippen LogP contribution in [0.2, 0.25) is 0 Å². The van der Waals surface area contributed by atoms with Gasteiger partial charge in [0.05, 0.1) is 6.54 Å². The van der Waals surface area contributed by atoms with E-state index in [1.807, 2.05) is 14.7 Å². The molecule has 2 saturated heterocycles. The summed E-state index contributed by atoms with van der Waals surface area (Å²) in [6.45, 7) is 7.53. The molecular formula is C21H30N6O3. The molecule has 1 aromatic rings. The monoisotopic (exact) mass is 414 g/mol. The molecule has 3 fully saturated rings. The fraction of sp³-hybridized carbons (Fsp3) is 0.714. The van der Waals surface area contributed by atoms with Crippen LogP contribution in [0.15, 0.2) is 4.42 Å². The second kappa shape index (κ2) is 9.04. The molecule has 1 saturated carbocycles. The van der Waals surface area contributed by atoms with Gasteiger partial charge in [0.15, 0.2) is 5.89 Å². The van der Waals surface area contributed by atoms with E-state index in [0.717, 1.165) is 39.0 Å². The fourth-order valence-electron chi connectivity index (χ4n) is 4.71. The minimum atomic E-state index is 0.125. The van der Waals surface area contributed by atoms with Gasteiger partial charge in [-0.15, -0.1) is 0 Å². The molecule has 2 amide bonds. The van der Waals surface area contributed by atoms with Crippen molar-refractivity contribution in [1.29, 1.82) is 5.26 Å². The summed E-state index contributed by atoms with van der Waals surface area (Å²) >= 11 is 0. The largest absolute Gasteiger partial charge is 0.424 e. The molecule has 0 N–H and O–H groups in total. The SMILES string of the molecule is Cc1nc(C#N)c(N2CCN(C(=O)CN3CCN(C(=O)C4CCCC4)CC3)CC2)o1. The van der Waals surface area contributed by atoms with Gasteiger partial charge in [-0.3, -0.25) is 14.5 Å². The van der Waals surface area contributed by atoms with E-state index in [-0.39, 0.29) is 11.8 Å². The van der Waals surface area contributed by atoms with Crippen LogP contribution in [-0.2, 0) is 9.59 Å². The number of aromatic nitrogens is 1. The van der Waals surface area contributed by atoms with E-state index in [0.29, 0.717) is 56.1 Å². The predicted octanol–water partition coefficient (Wildman–Crippen LogP) is 0.838. The smallest absolute Gasteiger partial charge is 0.236 e. The van der Waals surface area contributed by atoms with Crippen molar-refractivity contribution in [1.82, 2.24) is 19.7 Å². The number of amides is 2. The summed E-state index contributed by atoms with van der Waals surface area (Å²) in [6, 6.07) is 2.07. The van der Waals surface area contributed by atoms with Crippen LogP contribution in [0, 0.1) is 24.2 Å². The quantitative estimate of drug-likeness (QED) is 0.720. The van der Waals surface area contributed by atoms with E-state index in [1.165, 1.54) is 12.8 Å². The maximum atomic E-state index is 12.8. The summed E-state index contributed by atoms with van der Waals surface area (Å²) in [7, 11) is 0. The highest BCUT2D eigenvalue weighted by molar-refractivity contribution is 5.80. The molecule has 0 atom stereocenters. The molecule has 162 valence electrons. The minimum Gasteiger partial charge on any atom is -0.424 e. The number of rotatable bonds is 4. The minimum absolute atomic E-state index is 0.125. The van der Waals surface area contributed by atoms with Gasteiger partial charge >= 0.3 is 0 Å². The summed E-state index contributed by atoms with van der Waals surface area (Å²) in [4.78, 5) is 37.4. The van der Waals surface area contributed by atoms with Gasteiger partial charge < -0.3 is 19.1 Å². The molecule has 0 bridgehead atoms. The molecule has 0 unspecified atom stereocenters. The van der Waals surface area contributed by atoms with Crippen molar-refractivity contribution in [2.24, 2.45) is 5.92 Å². The molecule has 9 heteroatoms. The second-order valence-corrected chi connectivity index (χ2v) is 8.45. The van der Waals surface area contributed by atoms with Crippen LogP contribution < -0.4 is 4.90 Å². The van der Waals surface area contributed by atoms with Crippen LogP contribution in [-0.4, -0.2) is 90.4 Å². The number of nitriles is 1. The van der Waals surface area contributed by atoms with Gasteiger partial charge in [0.1, 0.15) is 6.07 Å². The van der Waals surface area contributed by atoms with E-state index in [1.54, 1.807) is 6.92 Å². The average molecular weight is 415 g/mol. The molecule has 1 aliphatic carbocycles. The van der Waals surface area contributed by atoms with E-state index >= 15 is 0 Å². The van der Waals surface area contributed by atoms with Gasteiger partial charge in [0, 0.05) is 65.2 Å². The molecule has 3 heterocycles. The molecule has 1 aromatic heterocycles. The normalized spacial score (nSPS) is 21.1. The van der Waals surface area contributed by atoms with Gasteiger partial charge in [-0.05, 0) is 12.8 Å². The Bertz CT molecular complexity index is 809. The molecule has 30 heavy (non-hydrogen) atoms. The third kappa shape index (κ3) is 4.43. The Morgan fingerprint density at radius 1 is 1.03 bits per heavy atom. The first-order valence-corrected chi connectivity index (χ1v) is 11.0. The number of piperazine rings is 2. The highest BCUT2D eigenvalue weighted by Crippen LogP contribution is 2.27. The molecule has 0 aromatic carbocycles. The molecule has 2 aliphatic heterocycles. The van der Waals surface area contributed by atoms with Gasteiger partial charge in [0.2, 0.25) is 23.4 Å². The lowest BCUT2D eigenvalue weighted by Crippen LogP contribution is -2.55. The molecular weight excluding hydrogens is 384 g/mol. The Hall–Kier alpha value is -2.60. The fourth-order valence-corrected chi connectivity index (χ4v) is 4.71. The molecule has 0 spiro atoms. The Morgan fingerprint density at radius 2 is 1.67 bits per heavy atom. The highest BCUT2D eigenvalue weighted by atomic mass is 16.4. The number of carbonyl (C=O) groups is 2. The van der Waals surface area contributed by atoms with Crippen LogP contribution >= 0.6 is 0 Å². The molecule has 3 aliphatic rings. The number of oxazole rings is 1. The third-order valence-electron chi connectivity index (χ3n) is 6.49. The summed E-state index contributed by atoms with van der Waals surface area (Å²) in [6.07, 6.45) is 4.41. The van der Waals surface area contributed by atoms with Crippen LogP contribution in [0.3, 0.4) is 0 Å². The van der Waals surface area contributed by atoms with Crippen molar-refractivity contribution in [2.45, 2.75) is 32.6 Å². The first kappa shape index (κ1) is 20.7. The number of anilines is 1. The summed E-state index contributed by atoms with van der Waals surface area (Å²) in [5, 5.41) is 9.21. The number of hydrogen-bond acceptors (Lipinski definition) is 7. The van der Waals surface area contributed by atoms with Crippen LogP contribution in [0.5, 0.6) is 0 Å². The standard InChI is InChI=1S/C21H30N6O3/c1-16-23-18(14-22)21(30-16)27-12-10-25(11-13-27)19(28)15-24-6-8-26(9-7-24)20(29)17-4-2-3-5-17/h17H,2-13,15H2,1H3. The van der Waals surface area contributed by atoms with E-state index in [2.05, 4.69) is 16.0 Å². The first-order valence-electron chi connectivity index (χ1n) is 11.0. The van der Waals surface area contributed by atoms with Gasteiger partial charge in [-0.2, -0.15) is 5.26 Å². The van der Waals surface area contributed by atoms with Crippen molar-refractivity contribution in [3.05, 3.63) is 11.6 Å². The molecule has 4 rings (SSSR count). The third-order valence-corrected chi connectivity index (χ3v) is 6.49. The summed E-state index contributed by atoms with van der Waals surface area (Å²) in [5.41, 5.74) is 0.303. The Balaban J connectivity index is 1.22. The lowest BCUT2D eigenvalue weighted by molar-refractivity contribution is -0.138. The zero-order valence-corrected chi connectivity index (χ0v) is 17.7. The second-order valence-electron chi connectivity index (χ2n) is 8.45. The van der Waals surface area contributed by atoms with Crippen molar-refractivity contribution >= 4 is 17.7 Å². The van der Waals surface area contributed by atoms with E-state index in [4.69, 9.17) is 4.42 Å². The predicted molar refractivity (Wildman–Crippen MR) is 110 cm³/mol. The first-order chi connectivity index (χ1) is 14.5. The number of aryl methyl sites for hydroxylation is 1. The van der Waals surface area contributed by atoms with Crippen molar-refractivity contribution in [2.75, 3.05) is 63.8 Å². The highest BCUT2D eigenvalue weighted by Gasteiger charge is 2.31. The van der Waals surface area contributed by atoms with Crippen LogP contribution in [0.1, 0.15) is 37.3 Å². The Labute approximate surface area is 177 Å². The zero-order valence-electron chi connectivity index (χ0n) is 17.7. The average Bonchev–Trinajstić information content (AvgIpc) is 3.43. The Kier molecular flexibility index (Phi) is 6.23. The van der Waals surface area contributed by atoms with Crippen LogP contribution in [0.4, 0.5) is 5.88 Å². The Morgan fingerprint density at radius 3 is 2.30 bits per heavy atom. The number of carbonyl (C=O) groups excluding carboxylic acids is 2. The topological polar surface area (TPSA) is 96.9 Å². The summed E-state index contributed by atoms with van der Waals surface area (Å²) in [5.74, 6) is 1.65. The van der Waals surface area contributed by atoms with Crippen molar-refractivity contribution in [3.63, 3.8) is 0 Å². The van der Waals surface area contributed by atoms with E-state index < -0.39 is 0 Å². The van der Waals surface area contributed by atoms with Gasteiger partial charge in [0.25, 0.3) is 0 Å². The van der Waals surface area contributed by atoms with Crippen LogP contribution in [0.25, 0.3) is 0 Å². The van der Waals surface area contributed by atoms with Gasteiger partial charge in [-0.25, -0.2) is 4.98 Å². The van der Waals surface area contributed by atoms with Gasteiger partial charge in [-0.1, -0.05) is 12.8 Å².